The quantitative estimate of drug-likeness (QED) is 0.855. The van der Waals surface area contributed by atoms with Crippen molar-refractivity contribution >= 4 is 38.8 Å². The topological polar surface area (TPSA) is 47.1 Å². The molecule has 1 aliphatic rings. The summed E-state index contributed by atoms with van der Waals surface area (Å²) in [6.45, 7) is 2.76. The Bertz CT molecular complexity index is 637. The average Bonchev–Trinajstić information content (AvgIpc) is 2.85. The van der Waals surface area contributed by atoms with Crippen LogP contribution in [0.1, 0.15) is 11.4 Å². The van der Waals surface area contributed by atoms with E-state index in [0.29, 0.717) is 4.99 Å². The molecular weight excluding hydrogens is 324 g/mol. The van der Waals surface area contributed by atoms with E-state index in [0.717, 1.165) is 41.2 Å². The first-order valence-corrected chi connectivity index (χ1v) is 7.19. The smallest absolute Gasteiger partial charge is 0.128 e. The summed E-state index contributed by atoms with van der Waals surface area (Å²) in [5.74, 6) is 1.10. The standard InChI is InChI=1S/C13H13BrN4S/c14-11-7-9(1-2-10(11)13(15)19)18-6-5-17-4-3-16-12(17)8-18/h1-4,7H,5-6,8H2,(H2,15,19). The molecule has 1 aromatic carbocycles. The molecule has 3 rings (SSSR count). The fourth-order valence-corrected chi connectivity index (χ4v) is 3.18. The molecule has 0 fully saturated rings. The van der Waals surface area contributed by atoms with Crippen LogP contribution in [-0.4, -0.2) is 21.1 Å². The van der Waals surface area contributed by atoms with E-state index in [1.165, 1.54) is 0 Å². The summed E-state index contributed by atoms with van der Waals surface area (Å²) < 4.78 is 3.13. The summed E-state index contributed by atoms with van der Waals surface area (Å²) in [5.41, 5.74) is 7.69. The van der Waals surface area contributed by atoms with Gasteiger partial charge in [0.1, 0.15) is 10.8 Å². The summed E-state index contributed by atoms with van der Waals surface area (Å²) in [5, 5.41) is 0. The molecule has 1 aliphatic heterocycles. The van der Waals surface area contributed by atoms with E-state index in [4.69, 9.17) is 18.0 Å². The second-order valence-electron chi connectivity index (χ2n) is 4.49. The largest absolute Gasteiger partial charge is 0.389 e. The van der Waals surface area contributed by atoms with Gasteiger partial charge in [-0.1, -0.05) is 12.2 Å². The molecule has 0 aliphatic carbocycles. The molecule has 6 heteroatoms. The van der Waals surface area contributed by atoms with Gasteiger partial charge in [-0.25, -0.2) is 4.98 Å². The van der Waals surface area contributed by atoms with Crippen molar-refractivity contribution in [3.63, 3.8) is 0 Å². The molecule has 4 nitrogen and oxygen atoms in total. The predicted molar refractivity (Wildman–Crippen MR) is 83.3 cm³/mol. The maximum atomic E-state index is 5.67. The minimum Gasteiger partial charge on any atom is -0.389 e. The Labute approximate surface area is 125 Å². The van der Waals surface area contributed by atoms with Crippen molar-refractivity contribution in [1.29, 1.82) is 0 Å². The van der Waals surface area contributed by atoms with Crippen molar-refractivity contribution in [3.05, 3.63) is 46.5 Å². The zero-order valence-electron chi connectivity index (χ0n) is 10.2. The maximum Gasteiger partial charge on any atom is 0.128 e. The lowest BCUT2D eigenvalue weighted by atomic mass is 10.2. The Kier molecular flexibility index (Phi) is 3.28. The lowest BCUT2D eigenvalue weighted by Gasteiger charge is -2.30. The van der Waals surface area contributed by atoms with Gasteiger partial charge < -0.3 is 15.2 Å². The molecule has 1 aromatic heterocycles. The summed E-state index contributed by atoms with van der Waals surface area (Å²) >= 11 is 8.53. The van der Waals surface area contributed by atoms with Gasteiger partial charge >= 0.3 is 0 Å². The van der Waals surface area contributed by atoms with Gasteiger partial charge in [0.15, 0.2) is 0 Å². The van der Waals surface area contributed by atoms with E-state index in [1.54, 1.807) is 0 Å². The van der Waals surface area contributed by atoms with Crippen LogP contribution >= 0.6 is 28.1 Å². The molecule has 19 heavy (non-hydrogen) atoms. The summed E-state index contributed by atoms with van der Waals surface area (Å²) in [4.78, 5) is 7.08. The van der Waals surface area contributed by atoms with Crippen LogP contribution in [0.25, 0.3) is 0 Å². The number of hydrogen-bond donors (Lipinski definition) is 1. The first-order chi connectivity index (χ1) is 9.15. The molecule has 0 spiro atoms. The minimum absolute atomic E-state index is 0.410. The van der Waals surface area contributed by atoms with Crippen LogP contribution in [0.15, 0.2) is 35.1 Å². The highest BCUT2D eigenvalue weighted by molar-refractivity contribution is 9.10. The molecule has 0 atom stereocenters. The third kappa shape index (κ3) is 2.37. The van der Waals surface area contributed by atoms with E-state index < -0.39 is 0 Å². The van der Waals surface area contributed by atoms with Crippen LogP contribution in [-0.2, 0) is 13.1 Å². The highest BCUT2D eigenvalue weighted by Gasteiger charge is 2.17. The van der Waals surface area contributed by atoms with Gasteiger partial charge in [0.25, 0.3) is 0 Å². The molecule has 0 bridgehead atoms. The average molecular weight is 337 g/mol. The third-order valence-electron chi connectivity index (χ3n) is 3.33. The SMILES string of the molecule is NC(=S)c1ccc(N2CCn3ccnc3C2)cc1Br. The Morgan fingerprint density at radius 2 is 2.21 bits per heavy atom. The lowest BCUT2D eigenvalue weighted by molar-refractivity contribution is 0.560. The number of halogens is 1. The number of rotatable bonds is 2. The van der Waals surface area contributed by atoms with Crippen molar-refractivity contribution < 1.29 is 0 Å². The molecule has 2 heterocycles. The number of thiocarbonyl (C=S) groups is 1. The lowest BCUT2D eigenvalue weighted by Crippen LogP contribution is -2.33. The summed E-state index contributed by atoms with van der Waals surface area (Å²) in [6, 6.07) is 6.08. The van der Waals surface area contributed by atoms with Gasteiger partial charge in [-0.3, -0.25) is 0 Å². The maximum absolute atomic E-state index is 5.67. The van der Waals surface area contributed by atoms with E-state index in [-0.39, 0.29) is 0 Å². The number of aromatic nitrogens is 2. The number of benzene rings is 1. The highest BCUT2D eigenvalue weighted by atomic mass is 79.9. The Balaban J connectivity index is 1.88. The molecule has 0 amide bonds. The van der Waals surface area contributed by atoms with Crippen LogP contribution in [0.3, 0.4) is 0 Å². The Morgan fingerprint density at radius 1 is 1.37 bits per heavy atom. The monoisotopic (exact) mass is 336 g/mol. The molecule has 0 saturated carbocycles. The molecule has 0 radical (unpaired) electrons. The fourth-order valence-electron chi connectivity index (χ4n) is 2.29. The van der Waals surface area contributed by atoms with Crippen LogP contribution in [0.4, 0.5) is 5.69 Å². The highest BCUT2D eigenvalue weighted by Crippen LogP contribution is 2.26. The molecule has 0 unspecified atom stereocenters. The number of nitrogens with zero attached hydrogens (tertiary/aromatic N) is 3. The zero-order valence-corrected chi connectivity index (χ0v) is 12.6. The molecule has 98 valence electrons. The van der Waals surface area contributed by atoms with Crippen LogP contribution in [0, 0.1) is 0 Å². The number of imidazole rings is 1. The van der Waals surface area contributed by atoms with Gasteiger partial charge in [0.05, 0.1) is 6.54 Å². The Hall–Kier alpha value is -1.40. The van der Waals surface area contributed by atoms with Crippen LogP contribution < -0.4 is 10.6 Å². The molecule has 2 N–H and O–H groups in total. The number of anilines is 1. The minimum atomic E-state index is 0.410. The second kappa shape index (κ2) is 4.94. The molecular formula is C13H13BrN4S. The van der Waals surface area contributed by atoms with Gasteiger partial charge in [0.2, 0.25) is 0 Å². The predicted octanol–water partition coefficient (Wildman–Crippen LogP) is 2.30. The molecule has 2 aromatic rings. The zero-order chi connectivity index (χ0) is 13.4. The third-order valence-corrected chi connectivity index (χ3v) is 4.20. The van der Waals surface area contributed by atoms with E-state index in [1.807, 2.05) is 18.5 Å². The van der Waals surface area contributed by atoms with Crippen molar-refractivity contribution in [2.75, 3.05) is 11.4 Å². The molecule has 0 saturated heterocycles. The fraction of sp³-hybridized carbons (Fsp3) is 0.231. The van der Waals surface area contributed by atoms with Gasteiger partial charge in [-0.2, -0.15) is 0 Å². The van der Waals surface area contributed by atoms with Crippen LogP contribution in [0.5, 0.6) is 0 Å². The van der Waals surface area contributed by atoms with E-state index in [2.05, 4.69) is 42.5 Å². The van der Waals surface area contributed by atoms with Crippen molar-refractivity contribution in [1.82, 2.24) is 9.55 Å². The van der Waals surface area contributed by atoms with E-state index in [9.17, 15) is 0 Å². The number of nitrogens with two attached hydrogens (primary N) is 1. The van der Waals surface area contributed by atoms with Gasteiger partial charge in [0, 0.05) is 41.2 Å². The number of hydrogen-bond acceptors (Lipinski definition) is 3. The van der Waals surface area contributed by atoms with Gasteiger partial charge in [-0.15, -0.1) is 0 Å². The van der Waals surface area contributed by atoms with Crippen LogP contribution in [0.2, 0.25) is 0 Å². The van der Waals surface area contributed by atoms with Gasteiger partial charge in [-0.05, 0) is 34.1 Å². The number of fused-ring (bicyclic) bond motifs is 1. The normalized spacial score (nSPS) is 14.3. The summed E-state index contributed by atoms with van der Waals surface area (Å²) in [7, 11) is 0. The van der Waals surface area contributed by atoms with Crippen molar-refractivity contribution in [2.45, 2.75) is 13.1 Å². The Morgan fingerprint density at radius 3 is 2.95 bits per heavy atom. The van der Waals surface area contributed by atoms with Crippen molar-refractivity contribution in [2.24, 2.45) is 5.73 Å². The summed E-state index contributed by atoms with van der Waals surface area (Å²) in [6.07, 6.45) is 3.88. The van der Waals surface area contributed by atoms with Crippen molar-refractivity contribution in [3.8, 4) is 0 Å². The van der Waals surface area contributed by atoms with E-state index >= 15 is 0 Å². The first-order valence-electron chi connectivity index (χ1n) is 5.99. The first kappa shape index (κ1) is 12.6. The second-order valence-corrected chi connectivity index (χ2v) is 5.78.